The van der Waals surface area contributed by atoms with Crippen molar-refractivity contribution in [3.8, 4) is 5.75 Å². The highest BCUT2D eigenvalue weighted by Crippen LogP contribution is 2.32. The number of rotatable bonds is 9. The lowest BCUT2D eigenvalue weighted by Crippen LogP contribution is -2.32. The first kappa shape index (κ1) is 23.7. The first-order valence-electron chi connectivity index (χ1n) is 10.6. The van der Waals surface area contributed by atoms with Crippen molar-refractivity contribution in [2.24, 2.45) is 5.92 Å². The van der Waals surface area contributed by atoms with Crippen molar-refractivity contribution >= 4 is 27.5 Å². The Hall–Kier alpha value is -2.91. The average Bonchev–Trinajstić information content (AvgIpc) is 3.19. The van der Waals surface area contributed by atoms with Crippen LogP contribution in [0.2, 0.25) is 0 Å². The van der Waals surface area contributed by atoms with Gasteiger partial charge in [-0.2, -0.15) is 4.31 Å². The molecule has 1 fully saturated rings. The summed E-state index contributed by atoms with van der Waals surface area (Å²) in [7, 11) is -1.97. The smallest absolute Gasteiger partial charge is 0.243 e. The number of amides is 2. The second-order valence-electron chi connectivity index (χ2n) is 7.53. The summed E-state index contributed by atoms with van der Waals surface area (Å²) >= 11 is 0. The van der Waals surface area contributed by atoms with Gasteiger partial charge in [-0.1, -0.05) is 38.1 Å². The van der Waals surface area contributed by atoms with Crippen molar-refractivity contribution in [1.29, 1.82) is 0 Å². The number of nitrogens with zero attached hydrogens (tertiary/aromatic N) is 2. The van der Waals surface area contributed by atoms with E-state index in [1.807, 2.05) is 12.1 Å². The molecule has 3 rings (SSSR count). The Bertz CT molecular complexity index is 1070. The molecule has 1 saturated heterocycles. The molecule has 1 aliphatic heterocycles. The van der Waals surface area contributed by atoms with Gasteiger partial charge in [0.15, 0.2) is 0 Å². The summed E-state index contributed by atoms with van der Waals surface area (Å²) in [6.45, 7) is 4.95. The highest BCUT2D eigenvalue weighted by molar-refractivity contribution is 7.89. The fourth-order valence-electron chi connectivity index (χ4n) is 3.79. The third-order valence-electron chi connectivity index (χ3n) is 5.61. The van der Waals surface area contributed by atoms with Crippen LogP contribution in [-0.4, -0.2) is 51.3 Å². The zero-order valence-corrected chi connectivity index (χ0v) is 19.4. The van der Waals surface area contributed by atoms with Gasteiger partial charge in [-0.15, -0.1) is 0 Å². The molecule has 172 valence electrons. The molecule has 32 heavy (non-hydrogen) atoms. The van der Waals surface area contributed by atoms with Gasteiger partial charge in [-0.05, 0) is 29.8 Å². The molecule has 0 spiro atoms. The third kappa shape index (κ3) is 4.94. The summed E-state index contributed by atoms with van der Waals surface area (Å²) in [6.07, 6.45) is 0.130. The number of anilines is 1. The number of carbonyl (C=O) groups is 2. The van der Waals surface area contributed by atoms with E-state index in [1.54, 1.807) is 62.3 Å². The van der Waals surface area contributed by atoms with E-state index in [9.17, 15) is 18.0 Å². The highest BCUT2D eigenvalue weighted by Gasteiger charge is 2.36. The maximum atomic E-state index is 12.7. The van der Waals surface area contributed by atoms with Crippen LogP contribution >= 0.6 is 0 Å². The van der Waals surface area contributed by atoms with Crippen molar-refractivity contribution in [3.05, 3.63) is 54.1 Å². The molecule has 1 atom stereocenters. The molecule has 9 heteroatoms. The summed E-state index contributed by atoms with van der Waals surface area (Å²) in [5.74, 6) is -0.215. The Kier molecular flexibility index (Phi) is 7.52. The summed E-state index contributed by atoms with van der Waals surface area (Å²) in [5, 5.41) is 2.86. The van der Waals surface area contributed by atoms with Crippen molar-refractivity contribution in [1.82, 2.24) is 9.62 Å². The number of sulfonamides is 1. The van der Waals surface area contributed by atoms with Crippen LogP contribution in [0.4, 0.5) is 5.69 Å². The van der Waals surface area contributed by atoms with E-state index < -0.39 is 15.9 Å². The largest absolute Gasteiger partial charge is 0.495 e. The van der Waals surface area contributed by atoms with E-state index in [-0.39, 0.29) is 36.2 Å². The van der Waals surface area contributed by atoms with Gasteiger partial charge < -0.3 is 15.0 Å². The molecule has 0 saturated carbocycles. The summed E-state index contributed by atoms with van der Waals surface area (Å²) in [5.41, 5.74) is 1.43. The van der Waals surface area contributed by atoms with Crippen LogP contribution in [-0.2, 0) is 26.2 Å². The lowest BCUT2D eigenvalue weighted by Gasteiger charge is -2.19. The Balaban J connectivity index is 1.61. The van der Waals surface area contributed by atoms with E-state index in [2.05, 4.69) is 5.32 Å². The highest BCUT2D eigenvalue weighted by atomic mass is 32.2. The van der Waals surface area contributed by atoms with Crippen LogP contribution in [0.1, 0.15) is 25.8 Å². The van der Waals surface area contributed by atoms with Gasteiger partial charge in [0.05, 0.1) is 23.6 Å². The minimum atomic E-state index is -3.51. The number of hydrogen-bond donors (Lipinski definition) is 1. The molecular formula is C23H29N3O5S. The molecule has 8 nitrogen and oxygen atoms in total. The van der Waals surface area contributed by atoms with Crippen molar-refractivity contribution < 1.29 is 22.7 Å². The van der Waals surface area contributed by atoms with Gasteiger partial charge in [-0.3, -0.25) is 9.59 Å². The first-order chi connectivity index (χ1) is 15.3. The molecule has 1 heterocycles. The number of methoxy groups -OCH3 is 1. The summed E-state index contributed by atoms with van der Waals surface area (Å²) < 4.78 is 31.9. The molecular weight excluding hydrogens is 430 g/mol. The number of carbonyl (C=O) groups excluding carboxylic acids is 2. The van der Waals surface area contributed by atoms with Crippen LogP contribution in [0.15, 0.2) is 53.4 Å². The molecule has 0 aliphatic carbocycles. The van der Waals surface area contributed by atoms with E-state index >= 15 is 0 Å². The van der Waals surface area contributed by atoms with Gasteiger partial charge in [0, 0.05) is 32.6 Å². The molecule has 0 radical (unpaired) electrons. The zero-order chi connectivity index (χ0) is 23.3. The van der Waals surface area contributed by atoms with Crippen molar-refractivity contribution in [3.63, 3.8) is 0 Å². The predicted molar refractivity (Wildman–Crippen MR) is 122 cm³/mol. The topological polar surface area (TPSA) is 96.0 Å². The number of para-hydroxylation sites is 2. The Morgan fingerprint density at radius 1 is 1.12 bits per heavy atom. The average molecular weight is 460 g/mol. The van der Waals surface area contributed by atoms with Crippen LogP contribution < -0.4 is 15.0 Å². The van der Waals surface area contributed by atoms with Gasteiger partial charge in [0.1, 0.15) is 5.75 Å². The summed E-state index contributed by atoms with van der Waals surface area (Å²) in [6, 6.07) is 13.7. The lowest BCUT2D eigenvalue weighted by atomic mass is 10.1. The van der Waals surface area contributed by atoms with Gasteiger partial charge in [0.2, 0.25) is 21.8 Å². The molecule has 2 aromatic rings. The fraction of sp³-hybridized carbons (Fsp3) is 0.391. The van der Waals surface area contributed by atoms with Crippen molar-refractivity contribution in [2.45, 2.75) is 31.7 Å². The number of nitrogens with one attached hydrogen (secondary N) is 1. The Morgan fingerprint density at radius 3 is 2.41 bits per heavy atom. The predicted octanol–water partition coefficient (Wildman–Crippen LogP) is 2.40. The Morgan fingerprint density at radius 2 is 1.78 bits per heavy atom. The van der Waals surface area contributed by atoms with Crippen LogP contribution in [0.3, 0.4) is 0 Å². The fourth-order valence-corrected chi connectivity index (χ4v) is 5.25. The van der Waals surface area contributed by atoms with Crippen LogP contribution in [0.25, 0.3) is 0 Å². The second-order valence-corrected chi connectivity index (χ2v) is 9.47. The molecule has 1 unspecified atom stereocenters. The lowest BCUT2D eigenvalue weighted by molar-refractivity contribution is -0.126. The maximum Gasteiger partial charge on any atom is 0.243 e. The number of ether oxygens (including phenoxy) is 1. The molecule has 1 aliphatic rings. The minimum Gasteiger partial charge on any atom is -0.495 e. The SMILES string of the molecule is CCN(CC)S(=O)(=O)c1ccc(CNC(=O)C2CC(=O)N(c3ccccc3OC)C2)cc1. The second kappa shape index (κ2) is 10.1. The quantitative estimate of drug-likeness (QED) is 0.621. The van der Waals surface area contributed by atoms with Crippen LogP contribution in [0, 0.1) is 5.92 Å². The van der Waals surface area contributed by atoms with E-state index in [0.717, 1.165) is 5.56 Å². The van der Waals surface area contributed by atoms with E-state index in [4.69, 9.17) is 4.74 Å². The van der Waals surface area contributed by atoms with Gasteiger partial charge in [0.25, 0.3) is 0 Å². The molecule has 1 N–H and O–H groups in total. The molecule has 0 aromatic heterocycles. The van der Waals surface area contributed by atoms with Crippen LogP contribution in [0.5, 0.6) is 5.75 Å². The third-order valence-corrected chi connectivity index (χ3v) is 7.67. The number of benzene rings is 2. The standard InChI is InChI=1S/C23H29N3O5S/c1-4-25(5-2)32(29,30)19-12-10-17(11-13-19)15-24-23(28)18-14-22(27)26(16-18)20-8-6-7-9-21(20)31-3/h6-13,18H,4-5,14-16H2,1-3H3,(H,24,28). The van der Waals surface area contributed by atoms with E-state index in [1.165, 1.54) is 4.31 Å². The number of hydrogen-bond acceptors (Lipinski definition) is 5. The van der Waals surface area contributed by atoms with Gasteiger partial charge >= 0.3 is 0 Å². The molecule has 0 bridgehead atoms. The van der Waals surface area contributed by atoms with Gasteiger partial charge in [-0.25, -0.2) is 8.42 Å². The Labute approximate surface area is 189 Å². The summed E-state index contributed by atoms with van der Waals surface area (Å²) in [4.78, 5) is 27.0. The minimum absolute atomic E-state index is 0.124. The van der Waals surface area contributed by atoms with E-state index in [0.29, 0.717) is 24.5 Å². The molecule has 2 aromatic carbocycles. The first-order valence-corrected chi connectivity index (χ1v) is 12.1. The normalized spacial score (nSPS) is 16.4. The zero-order valence-electron chi connectivity index (χ0n) is 18.6. The molecule has 2 amide bonds. The maximum absolute atomic E-state index is 12.7. The van der Waals surface area contributed by atoms with Crippen molar-refractivity contribution in [2.75, 3.05) is 31.6 Å². The monoisotopic (exact) mass is 459 g/mol.